The molecule has 2 aromatic rings. The number of nitrogens with zero attached hydrogens (tertiary/aromatic N) is 2. The summed E-state index contributed by atoms with van der Waals surface area (Å²) in [5, 5.41) is 0. The summed E-state index contributed by atoms with van der Waals surface area (Å²) in [5.74, 6) is -0.203. The van der Waals surface area contributed by atoms with Gasteiger partial charge in [-0.2, -0.15) is 0 Å². The molecule has 19 heavy (non-hydrogen) atoms. The van der Waals surface area contributed by atoms with Gasteiger partial charge in [-0.3, -0.25) is 9.59 Å². The maximum atomic E-state index is 12.1. The summed E-state index contributed by atoms with van der Waals surface area (Å²) in [6.45, 7) is 5.94. The largest absolute Gasteiger partial charge is 0.325 e. The zero-order chi connectivity index (χ0) is 13.7. The second-order valence-corrected chi connectivity index (χ2v) is 5.02. The van der Waals surface area contributed by atoms with Crippen LogP contribution in [-0.4, -0.2) is 21.1 Å². The second kappa shape index (κ2) is 3.88. The first-order chi connectivity index (χ1) is 9.02. The van der Waals surface area contributed by atoms with Gasteiger partial charge < -0.3 is 4.57 Å². The normalized spacial score (nSPS) is 13.7. The Hall–Kier alpha value is -2.23. The molecule has 0 amide bonds. The van der Waals surface area contributed by atoms with Gasteiger partial charge in [0.1, 0.15) is 11.5 Å². The molecule has 1 aromatic heterocycles. The topological polar surface area (TPSA) is 52.0 Å². The number of hydrogen-bond donors (Lipinski definition) is 0. The van der Waals surface area contributed by atoms with Crippen molar-refractivity contribution in [2.24, 2.45) is 0 Å². The maximum Gasteiger partial charge on any atom is 0.254 e. The van der Waals surface area contributed by atoms with E-state index < -0.39 is 11.6 Å². The maximum absolute atomic E-state index is 12.1. The molecule has 0 unspecified atom stereocenters. The van der Waals surface area contributed by atoms with E-state index in [1.807, 2.05) is 37.5 Å². The molecule has 0 spiro atoms. The van der Waals surface area contributed by atoms with Crippen LogP contribution in [0.2, 0.25) is 0 Å². The lowest BCUT2D eigenvalue weighted by Gasteiger charge is -2.19. The zero-order valence-corrected chi connectivity index (χ0v) is 11.1. The Labute approximate surface area is 111 Å². The molecular formula is C15H14N2O2. The smallest absolute Gasteiger partial charge is 0.254 e. The predicted octanol–water partition coefficient (Wildman–Crippen LogP) is 2.82. The molecule has 1 aliphatic carbocycles. The summed E-state index contributed by atoms with van der Waals surface area (Å²) in [4.78, 5) is 28.5. The molecule has 0 N–H and O–H groups in total. The number of rotatable bonds is 1. The van der Waals surface area contributed by atoms with Crippen molar-refractivity contribution in [1.82, 2.24) is 9.55 Å². The third-order valence-electron chi connectivity index (χ3n) is 3.45. The Bertz CT molecular complexity index is 711. The predicted molar refractivity (Wildman–Crippen MR) is 71.4 cm³/mol. The van der Waals surface area contributed by atoms with Crippen LogP contribution in [0, 0.1) is 6.92 Å². The lowest BCUT2D eigenvalue weighted by molar-refractivity contribution is 0.0812. The first-order valence-corrected chi connectivity index (χ1v) is 6.29. The van der Waals surface area contributed by atoms with Gasteiger partial charge in [0, 0.05) is 17.2 Å². The fourth-order valence-electron chi connectivity index (χ4n) is 2.71. The van der Waals surface area contributed by atoms with Crippen LogP contribution in [0.15, 0.2) is 24.3 Å². The fraction of sp³-hybridized carbons (Fsp3) is 0.267. The second-order valence-electron chi connectivity index (χ2n) is 5.02. The molecular weight excluding hydrogens is 240 g/mol. The average molecular weight is 254 g/mol. The van der Waals surface area contributed by atoms with Crippen LogP contribution >= 0.6 is 0 Å². The third kappa shape index (κ3) is 1.49. The summed E-state index contributed by atoms with van der Waals surface area (Å²) in [6, 6.07) is 7.41. The van der Waals surface area contributed by atoms with Gasteiger partial charge >= 0.3 is 0 Å². The van der Waals surface area contributed by atoms with E-state index in [9.17, 15) is 9.59 Å². The van der Waals surface area contributed by atoms with Gasteiger partial charge in [0.25, 0.3) is 5.78 Å². The summed E-state index contributed by atoms with van der Waals surface area (Å²) in [6.07, 6.45) is 0. The van der Waals surface area contributed by atoms with Crippen molar-refractivity contribution < 1.29 is 9.59 Å². The highest BCUT2D eigenvalue weighted by molar-refractivity contribution is 6.52. The standard InChI is InChI=1S/C15H14N2O2/c1-8(2)17-9(3)16-12-13(17)10-6-4-5-7-11(10)14(18)15(12)19/h4-8H,1-3H3. The quantitative estimate of drug-likeness (QED) is 0.735. The Balaban J connectivity index is 2.42. The molecule has 4 nitrogen and oxygen atoms in total. The molecule has 1 aromatic carbocycles. The number of carbonyl (C=O) groups is 2. The summed E-state index contributed by atoms with van der Waals surface area (Å²) >= 11 is 0. The van der Waals surface area contributed by atoms with Crippen LogP contribution in [0.5, 0.6) is 0 Å². The van der Waals surface area contributed by atoms with Gasteiger partial charge in [-0.05, 0) is 20.8 Å². The van der Waals surface area contributed by atoms with E-state index in [0.29, 0.717) is 5.56 Å². The minimum Gasteiger partial charge on any atom is -0.325 e. The van der Waals surface area contributed by atoms with Gasteiger partial charge in [0.05, 0.1) is 5.69 Å². The van der Waals surface area contributed by atoms with Crippen molar-refractivity contribution in [2.75, 3.05) is 0 Å². The number of fused-ring (bicyclic) bond motifs is 3. The SMILES string of the molecule is Cc1nc2c(n1C(C)C)-c1ccccc1C(=O)C2=O. The van der Waals surface area contributed by atoms with E-state index in [1.54, 1.807) is 12.1 Å². The molecule has 0 bridgehead atoms. The lowest BCUT2D eigenvalue weighted by atomic mass is 9.90. The minimum atomic E-state index is -0.504. The highest BCUT2D eigenvalue weighted by Crippen LogP contribution is 2.35. The Morgan fingerprint density at radius 2 is 1.68 bits per heavy atom. The number of ketones is 2. The first kappa shape index (κ1) is 11.8. The van der Waals surface area contributed by atoms with Gasteiger partial charge in [-0.1, -0.05) is 24.3 Å². The van der Waals surface area contributed by atoms with E-state index >= 15 is 0 Å². The summed E-state index contributed by atoms with van der Waals surface area (Å²) in [7, 11) is 0. The number of carbonyl (C=O) groups excluding carboxylic acids is 2. The van der Waals surface area contributed by atoms with Crippen LogP contribution in [-0.2, 0) is 0 Å². The molecule has 1 heterocycles. The number of imidazole rings is 1. The third-order valence-corrected chi connectivity index (χ3v) is 3.45. The number of aryl methyl sites for hydroxylation is 1. The van der Waals surface area contributed by atoms with Crippen LogP contribution in [0.25, 0.3) is 11.3 Å². The Morgan fingerprint density at radius 1 is 1.05 bits per heavy atom. The van der Waals surface area contributed by atoms with E-state index in [2.05, 4.69) is 4.98 Å². The minimum absolute atomic E-state index is 0.185. The molecule has 4 heteroatoms. The van der Waals surface area contributed by atoms with Crippen LogP contribution < -0.4 is 0 Å². The highest BCUT2D eigenvalue weighted by atomic mass is 16.2. The van der Waals surface area contributed by atoms with Gasteiger partial charge in [0.15, 0.2) is 0 Å². The molecule has 1 aliphatic rings. The molecule has 0 aliphatic heterocycles. The van der Waals surface area contributed by atoms with Gasteiger partial charge in [-0.15, -0.1) is 0 Å². The summed E-state index contributed by atoms with van der Waals surface area (Å²) < 4.78 is 2.01. The number of hydrogen-bond acceptors (Lipinski definition) is 3. The fourth-order valence-corrected chi connectivity index (χ4v) is 2.71. The number of benzene rings is 1. The lowest BCUT2D eigenvalue weighted by Crippen LogP contribution is -2.22. The molecule has 0 radical (unpaired) electrons. The molecule has 0 atom stereocenters. The molecule has 0 saturated carbocycles. The van der Waals surface area contributed by atoms with Gasteiger partial charge in [0.2, 0.25) is 5.78 Å². The first-order valence-electron chi connectivity index (χ1n) is 6.29. The molecule has 0 fully saturated rings. The van der Waals surface area contributed by atoms with Crippen molar-refractivity contribution in [3.05, 3.63) is 41.3 Å². The number of aromatic nitrogens is 2. The van der Waals surface area contributed by atoms with E-state index in [0.717, 1.165) is 17.1 Å². The molecule has 3 rings (SSSR count). The Kier molecular flexibility index (Phi) is 2.42. The van der Waals surface area contributed by atoms with Crippen LogP contribution in [0.3, 0.4) is 0 Å². The zero-order valence-electron chi connectivity index (χ0n) is 11.1. The van der Waals surface area contributed by atoms with Crippen molar-refractivity contribution in [3.8, 4) is 11.3 Å². The van der Waals surface area contributed by atoms with Gasteiger partial charge in [-0.25, -0.2) is 4.98 Å². The van der Waals surface area contributed by atoms with Crippen LogP contribution in [0.1, 0.15) is 46.6 Å². The Morgan fingerprint density at radius 3 is 2.32 bits per heavy atom. The average Bonchev–Trinajstić information content (AvgIpc) is 2.74. The summed E-state index contributed by atoms with van der Waals surface area (Å²) in [5.41, 5.74) is 2.33. The van der Waals surface area contributed by atoms with Crippen LogP contribution in [0.4, 0.5) is 0 Å². The van der Waals surface area contributed by atoms with E-state index in [-0.39, 0.29) is 11.7 Å². The van der Waals surface area contributed by atoms with Crippen molar-refractivity contribution in [1.29, 1.82) is 0 Å². The van der Waals surface area contributed by atoms with Crippen molar-refractivity contribution in [2.45, 2.75) is 26.8 Å². The van der Waals surface area contributed by atoms with E-state index in [4.69, 9.17) is 0 Å². The number of Topliss-reactive ketones (excluding diaryl/α,β-unsaturated/α-hetero) is 2. The monoisotopic (exact) mass is 254 g/mol. The molecule has 96 valence electrons. The van der Waals surface area contributed by atoms with Crippen molar-refractivity contribution >= 4 is 11.6 Å². The van der Waals surface area contributed by atoms with E-state index in [1.165, 1.54) is 0 Å². The highest BCUT2D eigenvalue weighted by Gasteiger charge is 2.35. The molecule has 0 saturated heterocycles. The van der Waals surface area contributed by atoms with Crippen molar-refractivity contribution in [3.63, 3.8) is 0 Å².